The molecule has 0 aliphatic carbocycles. The normalized spacial score (nSPS) is 12.7. The van der Waals surface area contributed by atoms with E-state index in [0.29, 0.717) is 34.3 Å². The highest BCUT2D eigenvalue weighted by Crippen LogP contribution is 2.24. The first-order valence-corrected chi connectivity index (χ1v) is 11.7. The summed E-state index contributed by atoms with van der Waals surface area (Å²) in [5, 5.41) is 6.90. The number of carbonyl (C=O) groups excluding carboxylic acids is 1. The van der Waals surface area contributed by atoms with E-state index in [1.807, 2.05) is 37.3 Å². The second kappa shape index (κ2) is 8.52. The fourth-order valence-corrected chi connectivity index (χ4v) is 4.12. The Morgan fingerprint density at radius 3 is 2.84 bits per heavy atom. The van der Waals surface area contributed by atoms with Crippen LogP contribution in [0.5, 0.6) is 0 Å². The minimum absolute atomic E-state index is 0.254. The van der Waals surface area contributed by atoms with Gasteiger partial charge >= 0.3 is 0 Å². The summed E-state index contributed by atoms with van der Waals surface area (Å²) in [6.45, 7) is 3.60. The van der Waals surface area contributed by atoms with Gasteiger partial charge in [-0.1, -0.05) is 23.4 Å². The number of pyridine rings is 1. The van der Waals surface area contributed by atoms with Crippen molar-refractivity contribution in [1.29, 1.82) is 0 Å². The minimum Gasteiger partial charge on any atom is -0.339 e. The summed E-state index contributed by atoms with van der Waals surface area (Å²) in [6, 6.07) is 10.6. The van der Waals surface area contributed by atoms with Crippen LogP contribution < -0.4 is 10.0 Å². The number of aromatic nitrogens is 4. The molecule has 1 aromatic carbocycles. The summed E-state index contributed by atoms with van der Waals surface area (Å²) < 4.78 is 32.2. The first-order valence-electron chi connectivity index (χ1n) is 9.84. The molecular formula is C21H22N6O4S. The van der Waals surface area contributed by atoms with Crippen LogP contribution in [0.25, 0.3) is 17.0 Å². The van der Waals surface area contributed by atoms with Crippen molar-refractivity contribution >= 4 is 27.3 Å². The Kier molecular flexibility index (Phi) is 5.76. The van der Waals surface area contributed by atoms with Crippen LogP contribution in [0.2, 0.25) is 0 Å². The lowest BCUT2D eigenvalue weighted by Crippen LogP contribution is -2.33. The molecule has 1 amide bonds. The lowest BCUT2D eigenvalue weighted by Gasteiger charge is -2.09. The van der Waals surface area contributed by atoms with Crippen molar-refractivity contribution in [1.82, 2.24) is 24.2 Å². The number of sulfonamides is 1. The monoisotopic (exact) mass is 454 g/mol. The number of rotatable bonds is 7. The Labute approximate surface area is 184 Å². The van der Waals surface area contributed by atoms with E-state index in [-0.39, 0.29) is 12.3 Å². The second-order valence-electron chi connectivity index (χ2n) is 7.56. The largest absolute Gasteiger partial charge is 0.339 e. The number of anilines is 1. The highest BCUT2D eigenvalue weighted by Gasteiger charge is 2.17. The van der Waals surface area contributed by atoms with Crippen LogP contribution in [-0.4, -0.2) is 46.1 Å². The summed E-state index contributed by atoms with van der Waals surface area (Å²) >= 11 is 0. The number of nitrogens with zero attached hydrogens (tertiary/aromatic N) is 4. The molecule has 0 saturated heterocycles. The quantitative estimate of drug-likeness (QED) is 0.438. The molecular weight excluding hydrogens is 432 g/mol. The summed E-state index contributed by atoms with van der Waals surface area (Å²) in [4.78, 5) is 21.4. The number of aryl methyl sites for hydroxylation is 1. The zero-order valence-corrected chi connectivity index (χ0v) is 18.5. The van der Waals surface area contributed by atoms with Crippen molar-refractivity contribution in [2.75, 3.05) is 11.6 Å². The summed E-state index contributed by atoms with van der Waals surface area (Å²) in [6.07, 6.45) is 4.66. The molecule has 4 rings (SSSR count). The molecule has 0 fully saturated rings. The smallest absolute Gasteiger partial charge is 0.274 e. The summed E-state index contributed by atoms with van der Waals surface area (Å²) in [5.74, 6) is 0.357. The third-order valence-electron chi connectivity index (χ3n) is 4.76. The maximum absolute atomic E-state index is 12.9. The maximum Gasteiger partial charge on any atom is 0.274 e. The number of hydrogen-bond acceptors (Lipinski definition) is 7. The zero-order valence-electron chi connectivity index (χ0n) is 17.7. The van der Waals surface area contributed by atoms with Crippen molar-refractivity contribution in [3.05, 3.63) is 65.9 Å². The lowest BCUT2D eigenvalue weighted by atomic mass is 10.1. The van der Waals surface area contributed by atoms with Gasteiger partial charge in [-0.2, -0.15) is 4.98 Å². The van der Waals surface area contributed by atoms with E-state index in [2.05, 4.69) is 25.2 Å². The van der Waals surface area contributed by atoms with E-state index in [1.165, 1.54) is 6.20 Å². The Bertz CT molecular complexity index is 1390. The van der Waals surface area contributed by atoms with E-state index in [4.69, 9.17) is 4.52 Å². The molecule has 1 atom stereocenters. The number of imidazole rings is 1. The molecule has 0 aliphatic heterocycles. The average Bonchev–Trinajstić information content (AvgIpc) is 3.35. The van der Waals surface area contributed by atoms with Gasteiger partial charge in [-0.25, -0.2) is 18.1 Å². The first kappa shape index (κ1) is 21.7. The van der Waals surface area contributed by atoms with Gasteiger partial charge in [0, 0.05) is 29.9 Å². The Balaban J connectivity index is 1.53. The molecule has 0 aliphatic rings. The van der Waals surface area contributed by atoms with E-state index < -0.39 is 16.1 Å². The topological polar surface area (TPSA) is 131 Å². The highest BCUT2D eigenvalue weighted by molar-refractivity contribution is 7.88. The summed E-state index contributed by atoms with van der Waals surface area (Å²) in [5.41, 5.74) is 3.23. The number of nitrogens with one attached hydrogen (secondary N) is 2. The van der Waals surface area contributed by atoms with Gasteiger partial charge < -0.3 is 9.84 Å². The molecule has 0 spiro atoms. The second-order valence-corrected chi connectivity index (χ2v) is 9.34. The predicted octanol–water partition coefficient (Wildman–Crippen LogP) is 2.43. The standard InChI is InChI=1S/C21H22N6O4S/c1-13-7-8-15(20-24-19(31-25-20)10-14(2)26-32(3,29)30)11-16(13)23-21(28)17-12-22-18-6-4-5-9-27(17)18/h4-9,11-12,14,26H,10H2,1-3H3,(H,23,28)/t14-/m1/s1. The Morgan fingerprint density at radius 1 is 1.25 bits per heavy atom. The average molecular weight is 455 g/mol. The van der Waals surface area contributed by atoms with Crippen LogP contribution in [0.1, 0.15) is 28.9 Å². The van der Waals surface area contributed by atoms with Gasteiger partial charge in [0.1, 0.15) is 11.3 Å². The van der Waals surface area contributed by atoms with Gasteiger partial charge in [0.15, 0.2) is 0 Å². The molecule has 4 aromatic rings. The van der Waals surface area contributed by atoms with Crippen LogP contribution >= 0.6 is 0 Å². The molecule has 0 bridgehead atoms. The van der Waals surface area contributed by atoms with Crippen molar-refractivity contribution < 1.29 is 17.7 Å². The van der Waals surface area contributed by atoms with Gasteiger partial charge in [-0.05, 0) is 37.6 Å². The maximum atomic E-state index is 12.9. The van der Waals surface area contributed by atoms with Crippen LogP contribution in [-0.2, 0) is 16.4 Å². The van der Waals surface area contributed by atoms with Gasteiger partial charge in [-0.15, -0.1) is 0 Å². The molecule has 0 radical (unpaired) electrons. The van der Waals surface area contributed by atoms with Crippen molar-refractivity contribution in [3.8, 4) is 11.4 Å². The third kappa shape index (κ3) is 4.84. The number of benzene rings is 1. The first-order chi connectivity index (χ1) is 15.2. The molecule has 11 heteroatoms. The van der Waals surface area contributed by atoms with Gasteiger partial charge in [0.25, 0.3) is 5.91 Å². The van der Waals surface area contributed by atoms with Crippen molar-refractivity contribution in [3.63, 3.8) is 0 Å². The number of carbonyl (C=O) groups is 1. The van der Waals surface area contributed by atoms with E-state index in [1.54, 1.807) is 23.6 Å². The number of fused-ring (bicyclic) bond motifs is 1. The Morgan fingerprint density at radius 2 is 2.06 bits per heavy atom. The van der Waals surface area contributed by atoms with Gasteiger partial charge in [-0.3, -0.25) is 9.20 Å². The third-order valence-corrected chi connectivity index (χ3v) is 5.59. The molecule has 0 unspecified atom stereocenters. The fraction of sp³-hybridized carbons (Fsp3) is 0.238. The Hall–Kier alpha value is -3.57. The lowest BCUT2D eigenvalue weighted by molar-refractivity contribution is 0.102. The SMILES string of the molecule is Cc1ccc(-c2noc(C[C@@H](C)NS(C)(=O)=O)n2)cc1NC(=O)c1cnc2ccccn12. The number of amides is 1. The fourth-order valence-electron chi connectivity index (χ4n) is 3.31. The summed E-state index contributed by atoms with van der Waals surface area (Å²) in [7, 11) is -3.33. The molecule has 10 nitrogen and oxygen atoms in total. The van der Waals surface area contributed by atoms with Crippen LogP contribution in [0.4, 0.5) is 5.69 Å². The minimum atomic E-state index is -3.33. The van der Waals surface area contributed by atoms with Gasteiger partial charge in [0.05, 0.1) is 12.5 Å². The van der Waals surface area contributed by atoms with Gasteiger partial charge in [0.2, 0.25) is 21.7 Å². The zero-order chi connectivity index (χ0) is 22.9. The molecule has 166 valence electrons. The van der Waals surface area contributed by atoms with E-state index in [0.717, 1.165) is 11.8 Å². The van der Waals surface area contributed by atoms with Crippen molar-refractivity contribution in [2.24, 2.45) is 0 Å². The van der Waals surface area contributed by atoms with Crippen molar-refractivity contribution in [2.45, 2.75) is 26.3 Å². The molecule has 3 aromatic heterocycles. The van der Waals surface area contributed by atoms with Crippen LogP contribution in [0.15, 0.2) is 53.3 Å². The van der Waals surface area contributed by atoms with E-state index in [9.17, 15) is 13.2 Å². The van der Waals surface area contributed by atoms with E-state index >= 15 is 0 Å². The van der Waals surface area contributed by atoms with Crippen LogP contribution in [0, 0.1) is 6.92 Å². The molecule has 2 N–H and O–H groups in total. The molecule has 0 saturated carbocycles. The number of hydrogen-bond donors (Lipinski definition) is 2. The van der Waals surface area contributed by atoms with Crippen LogP contribution in [0.3, 0.4) is 0 Å². The molecule has 32 heavy (non-hydrogen) atoms. The molecule has 3 heterocycles. The predicted molar refractivity (Wildman–Crippen MR) is 119 cm³/mol. The highest BCUT2D eigenvalue weighted by atomic mass is 32.2.